The number of nitrogens with one attached hydrogen (secondary N) is 1. The topological polar surface area (TPSA) is 32.3 Å². The Morgan fingerprint density at radius 1 is 1.45 bits per heavy atom. The van der Waals surface area contributed by atoms with Crippen molar-refractivity contribution in [3.63, 3.8) is 0 Å². The molecule has 0 spiro atoms. The fourth-order valence-corrected chi connectivity index (χ4v) is 3.03. The molecule has 0 unspecified atom stereocenters. The Kier molecular flexibility index (Phi) is 5.24. The third-order valence-corrected chi connectivity index (χ3v) is 4.14. The molecule has 1 aromatic carbocycles. The highest BCUT2D eigenvalue weighted by molar-refractivity contribution is 6.36. The number of carbonyl (C=O) groups is 1. The number of carbonyl (C=O) groups excluding carboxylic acids is 1. The Morgan fingerprint density at radius 2 is 2.20 bits per heavy atom. The quantitative estimate of drug-likeness (QED) is 0.868. The zero-order valence-electron chi connectivity index (χ0n) is 11.3. The van der Waals surface area contributed by atoms with Crippen LogP contribution in [0.25, 0.3) is 0 Å². The molecule has 3 nitrogen and oxygen atoms in total. The van der Waals surface area contributed by atoms with Gasteiger partial charge in [0.15, 0.2) is 0 Å². The molecular formula is C14H17Cl2FN2O. The number of piperidine rings is 1. The predicted molar refractivity (Wildman–Crippen MR) is 79.0 cm³/mol. The molecule has 1 atom stereocenters. The van der Waals surface area contributed by atoms with Gasteiger partial charge in [0.05, 0.1) is 15.6 Å². The normalized spacial score (nSPS) is 19.2. The van der Waals surface area contributed by atoms with Gasteiger partial charge < -0.3 is 10.2 Å². The number of hydrogen-bond donors (Lipinski definition) is 1. The Morgan fingerprint density at radius 3 is 2.90 bits per heavy atom. The summed E-state index contributed by atoms with van der Waals surface area (Å²) in [5.74, 6) is -0.428. The van der Waals surface area contributed by atoms with Crippen molar-refractivity contribution in [1.82, 2.24) is 10.2 Å². The summed E-state index contributed by atoms with van der Waals surface area (Å²) in [7, 11) is 1.90. The molecule has 0 saturated carbocycles. The molecule has 0 aromatic heterocycles. The summed E-state index contributed by atoms with van der Waals surface area (Å²) in [5.41, 5.74) is 0.179. The molecule has 2 rings (SSSR count). The van der Waals surface area contributed by atoms with E-state index in [0.717, 1.165) is 25.5 Å². The number of nitrogens with zero attached hydrogens (tertiary/aromatic N) is 1. The molecule has 1 saturated heterocycles. The molecule has 110 valence electrons. The Hall–Kier alpha value is -0.840. The lowest BCUT2D eigenvalue weighted by atomic mass is 9.97. The molecule has 1 amide bonds. The van der Waals surface area contributed by atoms with Gasteiger partial charge in [0.25, 0.3) is 5.91 Å². The van der Waals surface area contributed by atoms with Crippen LogP contribution in [0.2, 0.25) is 10.0 Å². The average Bonchev–Trinajstić information content (AvgIpc) is 2.43. The minimum absolute atomic E-state index is 0.0711. The summed E-state index contributed by atoms with van der Waals surface area (Å²) in [6.45, 7) is 2.21. The van der Waals surface area contributed by atoms with E-state index >= 15 is 0 Å². The van der Waals surface area contributed by atoms with E-state index in [-0.39, 0.29) is 21.5 Å². The number of rotatable bonds is 3. The number of amides is 1. The zero-order valence-corrected chi connectivity index (χ0v) is 12.8. The van der Waals surface area contributed by atoms with E-state index in [2.05, 4.69) is 5.32 Å². The second-order valence-electron chi connectivity index (χ2n) is 5.06. The Bertz CT molecular complexity index is 508. The monoisotopic (exact) mass is 318 g/mol. The molecule has 1 aromatic rings. The number of benzene rings is 1. The van der Waals surface area contributed by atoms with Gasteiger partial charge in [-0.15, -0.1) is 0 Å². The van der Waals surface area contributed by atoms with E-state index in [1.807, 2.05) is 7.05 Å². The maximum Gasteiger partial charge on any atom is 0.255 e. The van der Waals surface area contributed by atoms with Crippen molar-refractivity contribution in [2.45, 2.75) is 12.8 Å². The van der Waals surface area contributed by atoms with Gasteiger partial charge in [-0.05, 0) is 44.5 Å². The smallest absolute Gasteiger partial charge is 0.255 e. The van der Waals surface area contributed by atoms with Gasteiger partial charge >= 0.3 is 0 Å². The number of hydrogen-bond acceptors (Lipinski definition) is 2. The third kappa shape index (κ3) is 3.43. The van der Waals surface area contributed by atoms with Crippen molar-refractivity contribution in [3.05, 3.63) is 33.6 Å². The molecular weight excluding hydrogens is 302 g/mol. The summed E-state index contributed by atoms with van der Waals surface area (Å²) in [5, 5.41) is 3.24. The predicted octanol–water partition coefficient (Wildman–Crippen LogP) is 3.20. The van der Waals surface area contributed by atoms with Crippen LogP contribution in [0, 0.1) is 11.7 Å². The summed E-state index contributed by atoms with van der Waals surface area (Å²) in [6, 6.07) is 2.40. The molecule has 1 N–H and O–H groups in total. The highest BCUT2D eigenvalue weighted by atomic mass is 35.5. The van der Waals surface area contributed by atoms with Crippen LogP contribution in [0.5, 0.6) is 0 Å². The number of halogens is 3. The van der Waals surface area contributed by atoms with E-state index in [0.29, 0.717) is 19.0 Å². The fraction of sp³-hybridized carbons (Fsp3) is 0.500. The molecule has 20 heavy (non-hydrogen) atoms. The minimum Gasteiger partial charge on any atom is -0.338 e. The van der Waals surface area contributed by atoms with E-state index in [4.69, 9.17) is 23.2 Å². The molecule has 1 fully saturated rings. The van der Waals surface area contributed by atoms with Gasteiger partial charge in [0.2, 0.25) is 0 Å². The Labute approximate surface area is 128 Å². The maximum atomic E-state index is 13.5. The highest BCUT2D eigenvalue weighted by Crippen LogP contribution is 2.27. The van der Waals surface area contributed by atoms with Crippen LogP contribution in [-0.2, 0) is 0 Å². The molecule has 1 aliphatic rings. The first-order valence-electron chi connectivity index (χ1n) is 6.61. The molecule has 1 aliphatic heterocycles. The van der Waals surface area contributed by atoms with Crippen molar-refractivity contribution >= 4 is 29.1 Å². The van der Waals surface area contributed by atoms with Crippen LogP contribution >= 0.6 is 23.2 Å². The first-order chi connectivity index (χ1) is 9.52. The van der Waals surface area contributed by atoms with Gasteiger partial charge in [-0.25, -0.2) is 4.39 Å². The second kappa shape index (κ2) is 6.74. The van der Waals surface area contributed by atoms with Gasteiger partial charge in [-0.3, -0.25) is 4.79 Å². The standard InChI is InChI=1S/C14H17Cl2FN2O/c1-18-7-9-3-2-4-19(8-9)14(20)10-5-13(17)12(16)6-11(10)15/h5-6,9,18H,2-4,7-8H2,1H3/t9-/m1/s1. The van der Waals surface area contributed by atoms with Crippen molar-refractivity contribution < 1.29 is 9.18 Å². The van der Waals surface area contributed by atoms with E-state index in [1.54, 1.807) is 4.90 Å². The van der Waals surface area contributed by atoms with Crippen LogP contribution in [0.15, 0.2) is 12.1 Å². The fourth-order valence-electron chi connectivity index (χ4n) is 2.56. The van der Waals surface area contributed by atoms with E-state index in [9.17, 15) is 9.18 Å². The first kappa shape index (κ1) is 15.5. The highest BCUT2D eigenvalue weighted by Gasteiger charge is 2.26. The van der Waals surface area contributed by atoms with Gasteiger partial charge in [0.1, 0.15) is 5.82 Å². The zero-order chi connectivity index (χ0) is 14.7. The average molecular weight is 319 g/mol. The third-order valence-electron chi connectivity index (χ3n) is 3.54. The lowest BCUT2D eigenvalue weighted by Crippen LogP contribution is -2.42. The van der Waals surface area contributed by atoms with E-state index < -0.39 is 5.82 Å². The largest absolute Gasteiger partial charge is 0.338 e. The summed E-state index contributed by atoms with van der Waals surface area (Å²) >= 11 is 11.7. The van der Waals surface area contributed by atoms with Gasteiger partial charge in [0, 0.05) is 13.1 Å². The van der Waals surface area contributed by atoms with Crippen molar-refractivity contribution in [2.24, 2.45) is 5.92 Å². The molecule has 0 bridgehead atoms. The van der Waals surface area contributed by atoms with Crippen molar-refractivity contribution in [1.29, 1.82) is 0 Å². The molecule has 1 heterocycles. The maximum absolute atomic E-state index is 13.5. The molecule has 6 heteroatoms. The minimum atomic E-state index is -0.622. The van der Waals surface area contributed by atoms with Gasteiger partial charge in [-0.1, -0.05) is 23.2 Å². The first-order valence-corrected chi connectivity index (χ1v) is 7.37. The molecule has 0 radical (unpaired) electrons. The molecule has 0 aliphatic carbocycles. The SMILES string of the molecule is CNC[C@H]1CCCN(C(=O)c2cc(F)c(Cl)cc2Cl)C1. The van der Waals surface area contributed by atoms with Crippen molar-refractivity contribution in [3.8, 4) is 0 Å². The van der Waals surface area contributed by atoms with E-state index in [1.165, 1.54) is 6.07 Å². The Balaban J connectivity index is 2.16. The van der Waals surface area contributed by atoms with Crippen LogP contribution < -0.4 is 5.32 Å². The van der Waals surface area contributed by atoms with Crippen LogP contribution in [-0.4, -0.2) is 37.5 Å². The summed E-state index contributed by atoms with van der Waals surface area (Å²) in [6.07, 6.45) is 2.04. The van der Waals surface area contributed by atoms with Gasteiger partial charge in [-0.2, -0.15) is 0 Å². The summed E-state index contributed by atoms with van der Waals surface area (Å²) < 4.78 is 13.5. The van der Waals surface area contributed by atoms with Crippen molar-refractivity contribution in [2.75, 3.05) is 26.7 Å². The van der Waals surface area contributed by atoms with Crippen LogP contribution in [0.3, 0.4) is 0 Å². The summed E-state index contributed by atoms with van der Waals surface area (Å²) in [4.78, 5) is 14.2. The number of likely N-dealkylation sites (tertiary alicyclic amines) is 1. The lowest BCUT2D eigenvalue weighted by molar-refractivity contribution is 0.0674. The van der Waals surface area contributed by atoms with Crippen LogP contribution in [0.1, 0.15) is 23.2 Å². The van der Waals surface area contributed by atoms with Crippen LogP contribution in [0.4, 0.5) is 4.39 Å². The second-order valence-corrected chi connectivity index (χ2v) is 5.88. The lowest BCUT2D eigenvalue weighted by Gasteiger charge is -2.33.